The van der Waals surface area contributed by atoms with Crippen LogP contribution in [0.15, 0.2) is 12.1 Å². The molecule has 0 radical (unpaired) electrons. The molecule has 1 aliphatic heterocycles. The van der Waals surface area contributed by atoms with E-state index in [1.165, 1.54) is 0 Å². The highest BCUT2D eigenvalue weighted by atomic mass is 16.3. The van der Waals surface area contributed by atoms with Gasteiger partial charge in [-0.05, 0) is 78.8 Å². The van der Waals surface area contributed by atoms with Crippen molar-refractivity contribution in [2.45, 2.75) is 96.2 Å². The zero-order valence-corrected chi connectivity index (χ0v) is 27.8. The number of aromatic hydroxyl groups is 4. The maximum absolute atomic E-state index is 11.6. The molecular formula is C35H54N4O5. The highest BCUT2D eigenvalue weighted by molar-refractivity contribution is 5.70. The number of hydrogen-bond donors (Lipinski definition) is 7. The van der Waals surface area contributed by atoms with E-state index >= 15 is 0 Å². The number of aliphatic hydroxyl groups is 1. The Bertz CT molecular complexity index is 1390. The fraction of sp³-hybridized carbons (Fsp3) is 0.657. The molecule has 3 aliphatic rings. The molecule has 0 saturated carbocycles. The molecule has 1 spiro atoms. The Labute approximate surface area is 262 Å². The Hall–Kier alpha value is -2.56. The van der Waals surface area contributed by atoms with Crippen molar-refractivity contribution in [2.75, 3.05) is 52.4 Å². The van der Waals surface area contributed by atoms with Crippen molar-refractivity contribution in [3.63, 3.8) is 0 Å². The fourth-order valence-corrected chi connectivity index (χ4v) is 8.45. The lowest BCUT2D eigenvalue weighted by Gasteiger charge is -2.35. The lowest BCUT2D eigenvalue weighted by atomic mass is 9.70. The molecule has 9 heteroatoms. The number of phenolic OH excluding ortho intramolecular Hbond substituents is 4. The van der Waals surface area contributed by atoms with Crippen LogP contribution in [0.4, 0.5) is 0 Å². The van der Waals surface area contributed by atoms with Gasteiger partial charge in [-0.1, -0.05) is 27.7 Å². The smallest absolute Gasteiger partial charge is 0.162 e. The number of piperazine rings is 1. The van der Waals surface area contributed by atoms with Gasteiger partial charge in [0.05, 0.1) is 6.61 Å². The zero-order valence-electron chi connectivity index (χ0n) is 27.8. The van der Waals surface area contributed by atoms with Crippen LogP contribution in [0.5, 0.6) is 23.0 Å². The number of rotatable bonds is 9. The Kier molecular flexibility index (Phi) is 8.70. The van der Waals surface area contributed by atoms with Crippen molar-refractivity contribution in [2.24, 2.45) is 0 Å². The molecule has 1 fully saturated rings. The summed E-state index contributed by atoms with van der Waals surface area (Å²) in [7, 11) is 0. The highest BCUT2D eigenvalue weighted by Gasteiger charge is 2.59. The molecule has 2 aromatic rings. The van der Waals surface area contributed by atoms with E-state index in [0.29, 0.717) is 38.3 Å². The van der Waals surface area contributed by atoms with Crippen molar-refractivity contribution in [3.05, 3.63) is 45.5 Å². The molecule has 5 rings (SSSR count). The minimum absolute atomic E-state index is 0.0220. The van der Waals surface area contributed by atoms with Gasteiger partial charge in [0.1, 0.15) is 0 Å². The van der Waals surface area contributed by atoms with E-state index < -0.39 is 5.41 Å². The van der Waals surface area contributed by atoms with Crippen LogP contribution in [0.1, 0.15) is 94.7 Å². The summed E-state index contributed by atoms with van der Waals surface area (Å²) in [6, 6.07) is 3.49. The van der Waals surface area contributed by atoms with Crippen LogP contribution in [-0.4, -0.2) is 93.3 Å². The Balaban J connectivity index is 1.71. The third-order valence-corrected chi connectivity index (χ3v) is 10.1. The highest BCUT2D eigenvalue weighted by Crippen LogP contribution is 2.67. The summed E-state index contributed by atoms with van der Waals surface area (Å²) in [5.74, 6) is -0.408. The molecule has 0 amide bonds. The number of fused-ring (bicyclic) bond motifs is 4. The topological polar surface area (TPSA) is 132 Å². The number of aliphatic hydroxyl groups excluding tert-OH is 1. The van der Waals surface area contributed by atoms with Crippen molar-refractivity contribution in [1.29, 1.82) is 0 Å². The van der Waals surface area contributed by atoms with E-state index in [0.717, 1.165) is 66.8 Å². The molecule has 2 aliphatic carbocycles. The molecular weight excluding hydrogens is 556 g/mol. The fourth-order valence-electron chi connectivity index (χ4n) is 8.45. The number of hydrogen-bond acceptors (Lipinski definition) is 9. The Morgan fingerprint density at radius 3 is 1.89 bits per heavy atom. The molecule has 1 heterocycles. The number of benzene rings is 2. The SMILES string of the molecule is CC(C)(C)NCCN(CCO)Cc1c(O)c(O)cc2c1C1(CC(C)(C)c3cc(O)c(O)c(CN4CCNCC4)c31)CC2(C)C. The second-order valence-corrected chi connectivity index (χ2v) is 15.7. The Morgan fingerprint density at radius 2 is 1.36 bits per heavy atom. The average Bonchev–Trinajstić information content (AvgIpc) is 3.27. The van der Waals surface area contributed by atoms with Crippen LogP contribution in [0.2, 0.25) is 0 Å². The molecule has 9 nitrogen and oxygen atoms in total. The van der Waals surface area contributed by atoms with E-state index in [1.807, 2.05) is 0 Å². The lowest BCUT2D eigenvalue weighted by Crippen LogP contribution is -2.43. The summed E-state index contributed by atoms with van der Waals surface area (Å²) in [5.41, 5.74) is 4.29. The summed E-state index contributed by atoms with van der Waals surface area (Å²) in [6.45, 7) is 21.2. The van der Waals surface area contributed by atoms with Crippen LogP contribution in [0, 0.1) is 0 Å². The first-order valence-electron chi connectivity index (χ1n) is 16.2. The van der Waals surface area contributed by atoms with Gasteiger partial charge < -0.3 is 36.2 Å². The van der Waals surface area contributed by atoms with Gasteiger partial charge in [-0.3, -0.25) is 9.80 Å². The van der Waals surface area contributed by atoms with Gasteiger partial charge in [-0.2, -0.15) is 0 Å². The maximum Gasteiger partial charge on any atom is 0.162 e. The molecule has 2 aromatic carbocycles. The van der Waals surface area contributed by atoms with Gasteiger partial charge in [0.25, 0.3) is 0 Å². The number of nitrogens with one attached hydrogen (secondary N) is 2. The van der Waals surface area contributed by atoms with E-state index in [2.05, 4.69) is 68.9 Å². The number of nitrogens with zero attached hydrogens (tertiary/aromatic N) is 2. The van der Waals surface area contributed by atoms with Gasteiger partial charge in [-0.15, -0.1) is 0 Å². The van der Waals surface area contributed by atoms with Gasteiger partial charge in [0, 0.05) is 81.0 Å². The molecule has 7 N–H and O–H groups in total. The minimum atomic E-state index is -0.554. The van der Waals surface area contributed by atoms with Crippen LogP contribution < -0.4 is 10.6 Å². The largest absolute Gasteiger partial charge is 0.504 e. The number of phenols is 4. The summed E-state index contributed by atoms with van der Waals surface area (Å²) in [4.78, 5) is 4.45. The van der Waals surface area contributed by atoms with Crippen molar-refractivity contribution in [1.82, 2.24) is 20.4 Å². The van der Waals surface area contributed by atoms with E-state index in [-0.39, 0.29) is 46.0 Å². The standard InChI is InChI=1S/C35H54N4O5/c1-32(2,3)37-10-13-39(14-15-40)19-23-29-25(17-27(42)31(23)44)34(6,7)21-35(29)20-33(4,5)24-16-26(41)30(43)22(28(24)35)18-38-11-8-36-9-12-38/h16-17,36-37,40-44H,8-15,18-21H2,1-7H3. The van der Waals surface area contributed by atoms with Gasteiger partial charge in [-0.25, -0.2) is 0 Å². The normalized spacial score (nSPS) is 22.6. The van der Waals surface area contributed by atoms with Crippen molar-refractivity contribution in [3.8, 4) is 23.0 Å². The quantitative estimate of drug-likeness (QED) is 0.212. The first-order valence-corrected chi connectivity index (χ1v) is 16.2. The molecule has 1 saturated heterocycles. The van der Waals surface area contributed by atoms with E-state index in [9.17, 15) is 25.5 Å². The zero-order chi connectivity index (χ0) is 32.2. The van der Waals surface area contributed by atoms with Gasteiger partial charge in [0.15, 0.2) is 23.0 Å². The molecule has 1 unspecified atom stereocenters. The van der Waals surface area contributed by atoms with Gasteiger partial charge in [0.2, 0.25) is 0 Å². The second-order valence-electron chi connectivity index (χ2n) is 15.7. The second kappa shape index (κ2) is 11.7. The summed E-state index contributed by atoms with van der Waals surface area (Å²) in [5, 5.41) is 62.1. The molecule has 44 heavy (non-hydrogen) atoms. The predicted octanol–water partition coefficient (Wildman–Crippen LogP) is 3.75. The summed E-state index contributed by atoms with van der Waals surface area (Å²) in [6.07, 6.45) is 1.48. The van der Waals surface area contributed by atoms with Crippen LogP contribution in [-0.2, 0) is 29.3 Å². The monoisotopic (exact) mass is 610 g/mol. The third kappa shape index (κ3) is 5.89. The van der Waals surface area contributed by atoms with Gasteiger partial charge >= 0.3 is 0 Å². The molecule has 1 atom stereocenters. The Morgan fingerprint density at radius 1 is 0.841 bits per heavy atom. The predicted molar refractivity (Wildman–Crippen MR) is 174 cm³/mol. The summed E-state index contributed by atoms with van der Waals surface area (Å²) < 4.78 is 0. The van der Waals surface area contributed by atoms with E-state index in [1.54, 1.807) is 12.1 Å². The molecule has 0 bridgehead atoms. The van der Waals surface area contributed by atoms with E-state index in [4.69, 9.17) is 0 Å². The van der Waals surface area contributed by atoms with Crippen LogP contribution in [0.3, 0.4) is 0 Å². The van der Waals surface area contributed by atoms with Crippen molar-refractivity contribution < 1.29 is 25.5 Å². The first kappa shape index (κ1) is 32.8. The van der Waals surface area contributed by atoms with Crippen LogP contribution >= 0.6 is 0 Å². The first-order chi connectivity index (χ1) is 20.5. The van der Waals surface area contributed by atoms with Crippen LogP contribution in [0.25, 0.3) is 0 Å². The minimum Gasteiger partial charge on any atom is -0.504 e. The lowest BCUT2D eigenvalue weighted by molar-refractivity contribution is 0.184. The maximum atomic E-state index is 11.6. The molecule has 244 valence electrons. The summed E-state index contributed by atoms with van der Waals surface area (Å²) >= 11 is 0. The third-order valence-electron chi connectivity index (χ3n) is 10.1. The van der Waals surface area contributed by atoms with Crippen molar-refractivity contribution >= 4 is 0 Å². The molecule has 0 aromatic heterocycles. The average molecular weight is 611 g/mol.